The van der Waals surface area contributed by atoms with E-state index in [4.69, 9.17) is 9.47 Å². The monoisotopic (exact) mass is 321 g/mol. The molecule has 0 fully saturated rings. The molecule has 1 aromatic carbocycles. The summed E-state index contributed by atoms with van der Waals surface area (Å²) in [6, 6.07) is 8.84. The van der Waals surface area contributed by atoms with Crippen LogP contribution in [0.1, 0.15) is 26.2 Å². The first-order valence-electron chi connectivity index (χ1n) is 6.79. The Balaban J connectivity index is 2.05. The summed E-state index contributed by atoms with van der Waals surface area (Å²) in [4.78, 5) is 13.7. The number of aryl methyl sites for hydroxylation is 1. The molecule has 0 aliphatic rings. The Morgan fingerprint density at radius 1 is 1.27 bits per heavy atom. The van der Waals surface area contributed by atoms with E-state index in [1.807, 2.05) is 13.0 Å². The molecule has 2 N–H and O–H groups in total. The molecule has 0 saturated carbocycles. The van der Waals surface area contributed by atoms with Crippen LogP contribution in [0.15, 0.2) is 30.3 Å². The molecule has 0 bridgehead atoms. The van der Waals surface area contributed by atoms with Crippen LogP contribution >= 0.6 is 11.3 Å². The maximum atomic E-state index is 12.0. The van der Waals surface area contributed by atoms with E-state index in [9.17, 15) is 9.90 Å². The topological polar surface area (TPSA) is 67.8 Å². The van der Waals surface area contributed by atoms with Crippen molar-refractivity contribution in [1.82, 2.24) is 5.32 Å². The molecule has 1 amide bonds. The van der Waals surface area contributed by atoms with Gasteiger partial charge in [0.05, 0.1) is 19.1 Å². The van der Waals surface area contributed by atoms with Gasteiger partial charge < -0.3 is 19.9 Å². The number of hydrogen-bond donors (Lipinski definition) is 2. The third kappa shape index (κ3) is 3.78. The maximum absolute atomic E-state index is 12.0. The van der Waals surface area contributed by atoms with Crippen LogP contribution in [0, 0.1) is 6.92 Å². The van der Waals surface area contributed by atoms with Crippen molar-refractivity contribution in [2.45, 2.75) is 13.0 Å². The van der Waals surface area contributed by atoms with Gasteiger partial charge in [0.1, 0.15) is 17.6 Å². The standard InChI is InChI=1S/C16H19NO4S/c1-10-4-7-15(22-10)16(19)17-9-13(18)12-8-11(20-2)5-6-14(12)21-3/h4-8,13,18H,9H2,1-3H3,(H,17,19)/t13-/m0/s1. The molecule has 0 spiro atoms. The molecule has 22 heavy (non-hydrogen) atoms. The molecule has 0 saturated heterocycles. The average molecular weight is 321 g/mol. The van der Waals surface area contributed by atoms with Gasteiger partial charge in [-0.15, -0.1) is 11.3 Å². The lowest BCUT2D eigenvalue weighted by Crippen LogP contribution is -2.27. The summed E-state index contributed by atoms with van der Waals surface area (Å²) in [7, 11) is 3.09. The Bertz CT molecular complexity index is 653. The van der Waals surface area contributed by atoms with Gasteiger partial charge in [-0.3, -0.25) is 4.79 Å². The number of carbonyl (C=O) groups is 1. The Morgan fingerprint density at radius 2 is 2.05 bits per heavy atom. The van der Waals surface area contributed by atoms with Crippen LogP contribution in [0.2, 0.25) is 0 Å². The molecule has 6 heteroatoms. The Hall–Kier alpha value is -2.05. The van der Waals surface area contributed by atoms with Crippen LogP contribution < -0.4 is 14.8 Å². The van der Waals surface area contributed by atoms with Crippen molar-refractivity contribution in [1.29, 1.82) is 0 Å². The zero-order valence-electron chi connectivity index (χ0n) is 12.8. The molecule has 0 unspecified atom stereocenters. The van der Waals surface area contributed by atoms with Crippen LogP contribution in [0.4, 0.5) is 0 Å². The van der Waals surface area contributed by atoms with Gasteiger partial charge in [0.2, 0.25) is 0 Å². The summed E-state index contributed by atoms with van der Waals surface area (Å²) in [5.74, 6) is 0.976. The number of thiophene rings is 1. The average Bonchev–Trinajstić information content (AvgIpc) is 2.98. The van der Waals surface area contributed by atoms with Gasteiger partial charge in [-0.2, -0.15) is 0 Å². The number of aliphatic hydroxyl groups excluding tert-OH is 1. The highest BCUT2D eigenvalue weighted by molar-refractivity contribution is 7.13. The third-order valence-electron chi connectivity index (χ3n) is 3.22. The smallest absolute Gasteiger partial charge is 0.261 e. The van der Waals surface area contributed by atoms with Crippen molar-refractivity contribution in [2.75, 3.05) is 20.8 Å². The summed E-state index contributed by atoms with van der Waals surface area (Å²) >= 11 is 1.42. The molecule has 1 heterocycles. The summed E-state index contributed by atoms with van der Waals surface area (Å²) in [5, 5.41) is 13.0. The highest BCUT2D eigenvalue weighted by Crippen LogP contribution is 2.29. The minimum atomic E-state index is -0.880. The van der Waals surface area contributed by atoms with Crippen LogP contribution in [-0.4, -0.2) is 31.8 Å². The fraction of sp³-hybridized carbons (Fsp3) is 0.312. The van der Waals surface area contributed by atoms with E-state index >= 15 is 0 Å². The SMILES string of the molecule is COc1ccc(OC)c([C@@H](O)CNC(=O)c2ccc(C)s2)c1. The van der Waals surface area contributed by atoms with E-state index in [1.54, 1.807) is 31.4 Å². The molecule has 2 rings (SSSR count). The quantitative estimate of drug-likeness (QED) is 0.858. The molecule has 0 aliphatic heterocycles. The molecule has 5 nitrogen and oxygen atoms in total. The van der Waals surface area contributed by atoms with Gasteiger partial charge in [0, 0.05) is 17.0 Å². The highest BCUT2D eigenvalue weighted by atomic mass is 32.1. The van der Waals surface area contributed by atoms with Gasteiger partial charge in [0.15, 0.2) is 0 Å². The largest absolute Gasteiger partial charge is 0.497 e. The third-order valence-corrected chi connectivity index (χ3v) is 4.22. The molecule has 0 aliphatic carbocycles. The Labute approximate surface area is 133 Å². The molecule has 118 valence electrons. The summed E-state index contributed by atoms with van der Waals surface area (Å²) in [5.41, 5.74) is 0.574. The molecule has 2 aromatic rings. The van der Waals surface area contributed by atoms with E-state index in [-0.39, 0.29) is 12.5 Å². The second kappa shape index (κ2) is 7.29. The highest BCUT2D eigenvalue weighted by Gasteiger charge is 2.16. The first kappa shape index (κ1) is 16.3. The number of ether oxygens (including phenoxy) is 2. The van der Waals surface area contributed by atoms with E-state index in [1.165, 1.54) is 18.4 Å². The normalized spacial score (nSPS) is 11.8. The fourth-order valence-corrected chi connectivity index (χ4v) is 2.83. The minimum absolute atomic E-state index is 0.0965. The van der Waals surface area contributed by atoms with Crippen molar-refractivity contribution in [3.05, 3.63) is 45.6 Å². The molecule has 0 radical (unpaired) electrons. The van der Waals surface area contributed by atoms with Crippen LogP contribution in [-0.2, 0) is 0 Å². The number of carbonyl (C=O) groups excluding carboxylic acids is 1. The first-order valence-corrected chi connectivity index (χ1v) is 7.61. The lowest BCUT2D eigenvalue weighted by molar-refractivity contribution is 0.0918. The van der Waals surface area contributed by atoms with Crippen molar-refractivity contribution in [3.63, 3.8) is 0 Å². The summed E-state index contributed by atoms with van der Waals surface area (Å²) < 4.78 is 10.4. The van der Waals surface area contributed by atoms with Gasteiger partial charge in [-0.05, 0) is 37.3 Å². The van der Waals surface area contributed by atoms with Crippen LogP contribution in [0.5, 0.6) is 11.5 Å². The number of hydrogen-bond acceptors (Lipinski definition) is 5. The van der Waals surface area contributed by atoms with E-state index in [0.717, 1.165) is 4.88 Å². The predicted molar refractivity (Wildman–Crippen MR) is 85.9 cm³/mol. The predicted octanol–water partition coefficient (Wildman–Crippen LogP) is 2.54. The minimum Gasteiger partial charge on any atom is -0.497 e. The van der Waals surface area contributed by atoms with Crippen molar-refractivity contribution in [3.8, 4) is 11.5 Å². The molecular weight excluding hydrogens is 302 g/mol. The lowest BCUT2D eigenvalue weighted by atomic mass is 10.1. The van der Waals surface area contributed by atoms with E-state index in [0.29, 0.717) is 21.9 Å². The number of benzene rings is 1. The Kier molecular flexibility index (Phi) is 5.41. The molecule has 1 atom stereocenters. The van der Waals surface area contributed by atoms with Crippen molar-refractivity contribution >= 4 is 17.2 Å². The summed E-state index contributed by atoms with van der Waals surface area (Å²) in [6.45, 7) is 2.04. The second-order valence-corrected chi connectivity index (χ2v) is 6.03. The fourth-order valence-electron chi connectivity index (χ4n) is 2.04. The second-order valence-electron chi connectivity index (χ2n) is 4.74. The number of methoxy groups -OCH3 is 2. The summed E-state index contributed by atoms with van der Waals surface area (Å²) in [6.07, 6.45) is -0.880. The van der Waals surface area contributed by atoms with Gasteiger partial charge in [0.25, 0.3) is 5.91 Å². The van der Waals surface area contributed by atoms with Crippen molar-refractivity contribution < 1.29 is 19.4 Å². The zero-order chi connectivity index (χ0) is 16.1. The molecule has 1 aromatic heterocycles. The molecular formula is C16H19NO4S. The number of aliphatic hydroxyl groups is 1. The van der Waals surface area contributed by atoms with Crippen molar-refractivity contribution in [2.24, 2.45) is 0 Å². The first-order chi connectivity index (χ1) is 10.5. The lowest BCUT2D eigenvalue weighted by Gasteiger charge is -2.16. The number of nitrogens with one attached hydrogen (secondary N) is 1. The number of amides is 1. The van der Waals surface area contributed by atoms with Gasteiger partial charge >= 0.3 is 0 Å². The number of rotatable bonds is 6. The van der Waals surface area contributed by atoms with Crippen LogP contribution in [0.3, 0.4) is 0 Å². The van der Waals surface area contributed by atoms with E-state index < -0.39 is 6.10 Å². The van der Waals surface area contributed by atoms with E-state index in [2.05, 4.69) is 5.32 Å². The zero-order valence-corrected chi connectivity index (χ0v) is 13.6. The Morgan fingerprint density at radius 3 is 2.64 bits per heavy atom. The maximum Gasteiger partial charge on any atom is 0.261 e. The van der Waals surface area contributed by atoms with Gasteiger partial charge in [-0.1, -0.05) is 0 Å². The van der Waals surface area contributed by atoms with Crippen LogP contribution in [0.25, 0.3) is 0 Å². The van der Waals surface area contributed by atoms with Gasteiger partial charge in [-0.25, -0.2) is 0 Å².